The fourth-order valence-corrected chi connectivity index (χ4v) is 2.22. The summed E-state index contributed by atoms with van der Waals surface area (Å²) in [5.41, 5.74) is 0.991. The van der Waals surface area contributed by atoms with Crippen LogP contribution in [0.4, 0.5) is 0 Å². The number of methoxy groups -OCH3 is 1. The molecule has 0 aliphatic carbocycles. The van der Waals surface area contributed by atoms with Crippen molar-refractivity contribution < 1.29 is 19.0 Å². The van der Waals surface area contributed by atoms with Gasteiger partial charge in [0, 0.05) is 12.1 Å². The Morgan fingerprint density at radius 1 is 1.45 bits per heavy atom. The van der Waals surface area contributed by atoms with Gasteiger partial charge in [-0.3, -0.25) is 4.79 Å². The maximum Gasteiger partial charge on any atom is 0.322 e. The second-order valence-electron chi connectivity index (χ2n) is 4.75. The average molecular weight is 279 g/mol. The molecule has 0 bridgehead atoms. The van der Waals surface area contributed by atoms with Gasteiger partial charge in [-0.05, 0) is 12.5 Å². The van der Waals surface area contributed by atoms with Crippen LogP contribution in [0.2, 0.25) is 0 Å². The van der Waals surface area contributed by atoms with E-state index in [0.717, 1.165) is 36.3 Å². The van der Waals surface area contributed by atoms with E-state index in [1.165, 1.54) is 7.11 Å². The summed E-state index contributed by atoms with van der Waals surface area (Å²) < 4.78 is 15.6. The summed E-state index contributed by atoms with van der Waals surface area (Å²) in [6.45, 7) is 2.90. The molecule has 0 radical (unpaired) electrons. The first-order valence-corrected chi connectivity index (χ1v) is 6.95. The minimum atomic E-state index is -0.280. The van der Waals surface area contributed by atoms with Crippen LogP contribution in [0.15, 0.2) is 18.2 Å². The predicted molar refractivity (Wildman–Crippen MR) is 74.7 cm³/mol. The molecule has 1 N–H and O–H groups in total. The highest BCUT2D eigenvalue weighted by molar-refractivity contribution is 5.75. The highest BCUT2D eigenvalue weighted by Gasteiger charge is 2.21. The van der Waals surface area contributed by atoms with Gasteiger partial charge in [-0.15, -0.1) is 0 Å². The fourth-order valence-electron chi connectivity index (χ4n) is 2.22. The molecule has 110 valence electrons. The molecule has 0 spiro atoms. The van der Waals surface area contributed by atoms with Crippen LogP contribution < -0.4 is 14.8 Å². The molecule has 1 heterocycles. The fraction of sp³-hybridized carbons (Fsp3) is 0.533. The summed E-state index contributed by atoms with van der Waals surface area (Å²) in [4.78, 5) is 11.7. The zero-order valence-electron chi connectivity index (χ0n) is 12.0. The van der Waals surface area contributed by atoms with Crippen LogP contribution in [-0.4, -0.2) is 25.9 Å². The molecule has 20 heavy (non-hydrogen) atoms. The van der Waals surface area contributed by atoms with Gasteiger partial charge in [0.2, 0.25) is 6.79 Å². The highest BCUT2D eigenvalue weighted by Crippen LogP contribution is 2.35. The van der Waals surface area contributed by atoms with Crippen LogP contribution in [0.25, 0.3) is 0 Å². The van der Waals surface area contributed by atoms with Crippen molar-refractivity contribution >= 4 is 5.97 Å². The number of benzene rings is 1. The van der Waals surface area contributed by atoms with Crippen molar-refractivity contribution in [3.63, 3.8) is 0 Å². The Morgan fingerprint density at radius 2 is 2.30 bits per heavy atom. The van der Waals surface area contributed by atoms with Crippen LogP contribution in [0.1, 0.15) is 31.7 Å². The number of rotatable bonds is 7. The van der Waals surface area contributed by atoms with Gasteiger partial charge < -0.3 is 19.5 Å². The molecule has 1 aliphatic rings. The van der Waals surface area contributed by atoms with Gasteiger partial charge in [-0.1, -0.05) is 31.9 Å². The lowest BCUT2D eigenvalue weighted by molar-refractivity contribution is -0.143. The third-order valence-electron chi connectivity index (χ3n) is 3.35. The van der Waals surface area contributed by atoms with Crippen molar-refractivity contribution in [2.45, 2.75) is 38.8 Å². The van der Waals surface area contributed by atoms with Gasteiger partial charge in [0.1, 0.15) is 6.04 Å². The number of carbonyl (C=O) groups excluding carboxylic acids is 1. The minimum absolute atomic E-state index is 0.219. The van der Waals surface area contributed by atoms with Crippen molar-refractivity contribution in [3.8, 4) is 11.5 Å². The topological polar surface area (TPSA) is 56.8 Å². The summed E-state index contributed by atoms with van der Waals surface area (Å²) >= 11 is 0. The van der Waals surface area contributed by atoms with Gasteiger partial charge in [0.05, 0.1) is 7.11 Å². The Morgan fingerprint density at radius 3 is 3.05 bits per heavy atom. The van der Waals surface area contributed by atoms with Crippen molar-refractivity contribution in [1.29, 1.82) is 0 Å². The van der Waals surface area contributed by atoms with E-state index < -0.39 is 0 Å². The molecular weight excluding hydrogens is 258 g/mol. The lowest BCUT2D eigenvalue weighted by Gasteiger charge is -2.16. The Kier molecular flexibility index (Phi) is 5.24. The molecule has 1 atom stereocenters. The van der Waals surface area contributed by atoms with E-state index in [9.17, 15) is 4.79 Å². The van der Waals surface area contributed by atoms with Crippen molar-refractivity contribution in [1.82, 2.24) is 5.32 Å². The van der Waals surface area contributed by atoms with E-state index in [1.807, 2.05) is 18.2 Å². The lowest BCUT2D eigenvalue weighted by atomic mass is 10.1. The number of esters is 1. The number of nitrogens with one attached hydrogen (secondary N) is 1. The number of fused-ring (bicyclic) bond motifs is 1. The van der Waals surface area contributed by atoms with Crippen molar-refractivity contribution in [2.24, 2.45) is 0 Å². The second kappa shape index (κ2) is 7.14. The molecule has 0 fully saturated rings. The Bertz CT molecular complexity index is 461. The molecule has 5 heteroatoms. The third kappa shape index (κ3) is 3.42. The van der Waals surface area contributed by atoms with Crippen LogP contribution in [-0.2, 0) is 16.1 Å². The van der Waals surface area contributed by atoms with Crippen LogP contribution in [0.5, 0.6) is 11.5 Å². The normalized spacial score (nSPS) is 14.1. The van der Waals surface area contributed by atoms with Gasteiger partial charge in [-0.25, -0.2) is 0 Å². The zero-order valence-corrected chi connectivity index (χ0v) is 12.0. The number of hydrogen-bond donors (Lipinski definition) is 1. The van der Waals surface area contributed by atoms with E-state index in [-0.39, 0.29) is 18.8 Å². The van der Waals surface area contributed by atoms with Crippen molar-refractivity contribution in [3.05, 3.63) is 23.8 Å². The second-order valence-corrected chi connectivity index (χ2v) is 4.75. The minimum Gasteiger partial charge on any atom is -0.468 e. The third-order valence-corrected chi connectivity index (χ3v) is 3.35. The Hall–Kier alpha value is -1.75. The van der Waals surface area contributed by atoms with Gasteiger partial charge in [0.15, 0.2) is 11.5 Å². The smallest absolute Gasteiger partial charge is 0.322 e. The first-order valence-electron chi connectivity index (χ1n) is 6.95. The zero-order chi connectivity index (χ0) is 14.4. The summed E-state index contributed by atoms with van der Waals surface area (Å²) in [5.74, 6) is 1.30. The molecule has 0 amide bonds. The first-order chi connectivity index (χ1) is 9.76. The number of ether oxygens (including phenoxy) is 3. The molecule has 0 saturated heterocycles. The van der Waals surface area contributed by atoms with E-state index in [0.29, 0.717) is 6.54 Å². The maximum absolute atomic E-state index is 11.7. The van der Waals surface area contributed by atoms with Gasteiger partial charge in [-0.2, -0.15) is 0 Å². The SMILES string of the molecule is CCCCC(NCc1cccc2c1OCO2)C(=O)OC. The maximum atomic E-state index is 11.7. The summed E-state index contributed by atoms with van der Waals surface area (Å²) in [5, 5.41) is 3.24. The molecule has 0 aromatic heterocycles. The molecular formula is C15H21NO4. The van der Waals surface area contributed by atoms with E-state index >= 15 is 0 Å². The summed E-state index contributed by atoms with van der Waals surface area (Å²) in [6, 6.07) is 5.48. The van der Waals surface area contributed by atoms with Gasteiger partial charge in [0.25, 0.3) is 0 Å². The summed E-state index contributed by atoms with van der Waals surface area (Å²) in [7, 11) is 1.42. The molecule has 2 rings (SSSR count). The molecule has 1 aliphatic heterocycles. The van der Waals surface area contributed by atoms with Crippen LogP contribution in [0.3, 0.4) is 0 Å². The van der Waals surface area contributed by atoms with E-state index in [1.54, 1.807) is 0 Å². The highest BCUT2D eigenvalue weighted by atomic mass is 16.7. The largest absolute Gasteiger partial charge is 0.468 e. The molecule has 5 nitrogen and oxygen atoms in total. The number of unbranched alkanes of at least 4 members (excludes halogenated alkanes) is 1. The molecule has 1 aromatic rings. The van der Waals surface area contributed by atoms with E-state index in [4.69, 9.17) is 14.2 Å². The first kappa shape index (κ1) is 14.7. The van der Waals surface area contributed by atoms with E-state index in [2.05, 4.69) is 12.2 Å². The lowest BCUT2D eigenvalue weighted by Crippen LogP contribution is -2.37. The quantitative estimate of drug-likeness (QED) is 0.776. The molecule has 1 aromatic carbocycles. The standard InChI is InChI=1S/C15H21NO4/c1-3-4-7-12(15(17)18-2)16-9-11-6-5-8-13-14(11)20-10-19-13/h5-6,8,12,16H,3-4,7,9-10H2,1-2H3. The monoisotopic (exact) mass is 279 g/mol. The predicted octanol–water partition coefficient (Wildman–Crippen LogP) is 2.24. The summed E-state index contributed by atoms with van der Waals surface area (Å²) in [6.07, 6.45) is 2.81. The number of carbonyl (C=O) groups is 1. The molecule has 0 saturated carbocycles. The van der Waals surface area contributed by atoms with Crippen LogP contribution in [0, 0.1) is 0 Å². The number of hydrogen-bond acceptors (Lipinski definition) is 5. The molecule has 1 unspecified atom stereocenters. The van der Waals surface area contributed by atoms with Gasteiger partial charge >= 0.3 is 5.97 Å². The van der Waals surface area contributed by atoms with Crippen LogP contribution >= 0.6 is 0 Å². The average Bonchev–Trinajstić information content (AvgIpc) is 2.95. The van der Waals surface area contributed by atoms with Crippen molar-refractivity contribution in [2.75, 3.05) is 13.9 Å². The number of para-hydroxylation sites is 1. The Balaban J connectivity index is 1.98. The Labute approximate surface area is 119 Å².